The van der Waals surface area contributed by atoms with Crippen molar-refractivity contribution in [2.24, 2.45) is 0 Å². The predicted molar refractivity (Wildman–Crippen MR) is 115 cm³/mol. The van der Waals surface area contributed by atoms with Crippen LogP contribution in [0.25, 0.3) is 0 Å². The van der Waals surface area contributed by atoms with Gasteiger partial charge in [0.25, 0.3) is 0 Å². The second-order valence-electron chi connectivity index (χ2n) is 8.18. The van der Waals surface area contributed by atoms with Gasteiger partial charge in [-0.1, -0.05) is 23.7 Å². The van der Waals surface area contributed by atoms with Gasteiger partial charge in [0.05, 0.1) is 29.2 Å². The number of thioether (sulfide) groups is 1. The number of hydrogen-bond donors (Lipinski definition) is 2. The quantitative estimate of drug-likeness (QED) is 0.749. The highest BCUT2D eigenvalue weighted by atomic mass is 35.5. The number of anilines is 2. The lowest BCUT2D eigenvalue weighted by atomic mass is 9.89. The summed E-state index contributed by atoms with van der Waals surface area (Å²) in [7, 11) is 0. The van der Waals surface area contributed by atoms with Gasteiger partial charge in [0.15, 0.2) is 5.12 Å². The lowest BCUT2D eigenvalue weighted by molar-refractivity contribution is -0.110. The third kappa shape index (κ3) is 3.83. The number of carbonyl (C=O) groups excluding carboxylic acids is 1. The average molecular weight is 431 g/mol. The lowest BCUT2D eigenvalue weighted by Gasteiger charge is -2.33. The lowest BCUT2D eigenvalue weighted by Crippen LogP contribution is -2.35. The van der Waals surface area contributed by atoms with Crippen LogP contribution in [0.15, 0.2) is 29.2 Å². The number of piperidine rings is 1. The van der Waals surface area contributed by atoms with E-state index in [0.717, 1.165) is 54.4 Å². The van der Waals surface area contributed by atoms with E-state index in [1.54, 1.807) is 0 Å². The Morgan fingerprint density at radius 2 is 1.93 bits per heavy atom. The zero-order valence-corrected chi connectivity index (χ0v) is 17.6. The van der Waals surface area contributed by atoms with Gasteiger partial charge in [0.2, 0.25) is 5.95 Å². The Kier molecular flexibility index (Phi) is 4.92. The highest BCUT2D eigenvalue weighted by Crippen LogP contribution is 2.44. The first-order valence-electron chi connectivity index (χ1n) is 10.1. The average Bonchev–Trinajstić information content (AvgIpc) is 3.40. The number of aromatic nitrogens is 2. The van der Waals surface area contributed by atoms with Gasteiger partial charge in [-0.15, -0.1) is 0 Å². The van der Waals surface area contributed by atoms with Crippen molar-refractivity contribution in [3.8, 4) is 0 Å². The Hall–Kier alpha value is -1.83. The van der Waals surface area contributed by atoms with Crippen molar-refractivity contribution in [3.63, 3.8) is 0 Å². The number of benzene rings is 1. The molecule has 2 N–H and O–H groups in total. The van der Waals surface area contributed by atoms with Crippen LogP contribution in [0.2, 0.25) is 5.02 Å². The van der Waals surface area contributed by atoms with E-state index >= 15 is 0 Å². The number of fused-ring (bicyclic) bond motifs is 1. The second kappa shape index (κ2) is 7.45. The molecule has 152 valence electrons. The molecule has 3 aliphatic rings. The molecule has 2 aliphatic heterocycles. The van der Waals surface area contributed by atoms with E-state index in [2.05, 4.69) is 22.3 Å². The monoisotopic (exact) mass is 430 g/mol. The Morgan fingerprint density at radius 3 is 2.59 bits per heavy atom. The highest BCUT2D eigenvalue weighted by Gasteiger charge is 2.44. The first-order valence-corrected chi connectivity index (χ1v) is 11.3. The molecule has 0 unspecified atom stereocenters. The van der Waals surface area contributed by atoms with Crippen LogP contribution in [0, 0.1) is 0 Å². The summed E-state index contributed by atoms with van der Waals surface area (Å²) in [4.78, 5) is 24.6. The maximum absolute atomic E-state index is 12.0. The van der Waals surface area contributed by atoms with Crippen LogP contribution in [0.3, 0.4) is 0 Å². The summed E-state index contributed by atoms with van der Waals surface area (Å²) in [6.45, 7) is 1.82. The summed E-state index contributed by atoms with van der Waals surface area (Å²) in [6.07, 6.45) is 4.24. The molecule has 0 bridgehead atoms. The Bertz CT molecular complexity index is 940. The first-order chi connectivity index (χ1) is 14.0. The number of aliphatic hydroxyl groups excluding tert-OH is 1. The first kappa shape index (κ1) is 19.2. The number of nitrogens with zero attached hydrogens (tertiary/aromatic N) is 3. The standard InChI is InChI=1S/C21H23ClN4O2S/c22-15-3-1-13(2-4-15)14-5-9-26(10-6-14)20-23-16-11-17(28)29-18(16)19(24-20)25-21(12-27)7-8-21/h1-4,14,27H,5-12H2,(H,23,24,25). The van der Waals surface area contributed by atoms with Gasteiger partial charge in [0, 0.05) is 18.1 Å². The van der Waals surface area contributed by atoms with Gasteiger partial charge in [-0.2, -0.15) is 4.98 Å². The smallest absolute Gasteiger partial charge is 0.227 e. The fraction of sp³-hybridized carbons (Fsp3) is 0.476. The van der Waals surface area contributed by atoms with E-state index in [-0.39, 0.29) is 17.3 Å². The minimum absolute atomic E-state index is 0.0756. The van der Waals surface area contributed by atoms with Crippen LogP contribution in [0.5, 0.6) is 0 Å². The van der Waals surface area contributed by atoms with Crippen LogP contribution in [-0.2, 0) is 11.2 Å². The van der Waals surface area contributed by atoms with Gasteiger partial charge in [-0.3, -0.25) is 4.79 Å². The van der Waals surface area contributed by atoms with Crippen LogP contribution in [0.4, 0.5) is 11.8 Å². The van der Waals surface area contributed by atoms with E-state index in [1.165, 1.54) is 17.3 Å². The largest absolute Gasteiger partial charge is 0.394 e. The molecule has 2 aromatic rings. The molecule has 3 heterocycles. The molecule has 0 spiro atoms. The van der Waals surface area contributed by atoms with Gasteiger partial charge in [-0.05, 0) is 61.1 Å². The molecular formula is C21H23ClN4O2S. The van der Waals surface area contributed by atoms with Crippen molar-refractivity contribution in [1.29, 1.82) is 0 Å². The number of hydrogen-bond acceptors (Lipinski definition) is 7. The van der Waals surface area contributed by atoms with E-state index in [9.17, 15) is 9.90 Å². The zero-order valence-electron chi connectivity index (χ0n) is 16.0. The highest BCUT2D eigenvalue weighted by molar-refractivity contribution is 8.14. The molecule has 0 radical (unpaired) electrons. The van der Waals surface area contributed by atoms with Gasteiger partial charge in [0.1, 0.15) is 5.82 Å². The topological polar surface area (TPSA) is 78.4 Å². The molecule has 6 nitrogen and oxygen atoms in total. The summed E-state index contributed by atoms with van der Waals surface area (Å²) in [5.74, 6) is 1.90. The minimum Gasteiger partial charge on any atom is -0.394 e. The molecule has 0 amide bonds. The van der Waals surface area contributed by atoms with Gasteiger partial charge >= 0.3 is 0 Å². The molecule has 1 aliphatic carbocycles. The number of aliphatic hydroxyl groups is 1. The maximum atomic E-state index is 12.0. The van der Waals surface area contributed by atoms with Crippen molar-refractivity contribution >= 4 is 40.2 Å². The Balaban J connectivity index is 1.35. The van der Waals surface area contributed by atoms with E-state index < -0.39 is 0 Å². The summed E-state index contributed by atoms with van der Waals surface area (Å²) in [6, 6.07) is 8.13. The predicted octanol–water partition coefficient (Wildman–Crippen LogP) is 3.63. The van der Waals surface area contributed by atoms with Crippen molar-refractivity contribution in [1.82, 2.24) is 9.97 Å². The summed E-state index contributed by atoms with van der Waals surface area (Å²) >= 11 is 7.23. The van der Waals surface area contributed by atoms with E-state index in [4.69, 9.17) is 21.6 Å². The summed E-state index contributed by atoms with van der Waals surface area (Å²) in [5.41, 5.74) is 1.85. The summed E-state index contributed by atoms with van der Waals surface area (Å²) in [5, 5.41) is 14.0. The van der Waals surface area contributed by atoms with E-state index in [0.29, 0.717) is 24.1 Å². The zero-order chi connectivity index (χ0) is 20.0. The van der Waals surface area contributed by atoms with Crippen LogP contribution in [0.1, 0.15) is 42.9 Å². The van der Waals surface area contributed by atoms with Gasteiger partial charge in [-0.25, -0.2) is 4.98 Å². The number of halogens is 1. The van der Waals surface area contributed by atoms with E-state index in [1.807, 2.05) is 12.1 Å². The third-order valence-electron chi connectivity index (χ3n) is 6.11. The molecule has 1 saturated carbocycles. The SMILES string of the molecule is O=C1Cc2nc(N3CCC(c4ccc(Cl)cc4)CC3)nc(NC3(CO)CC3)c2S1. The van der Waals surface area contributed by atoms with Crippen LogP contribution < -0.4 is 10.2 Å². The van der Waals surface area contributed by atoms with Crippen molar-refractivity contribution < 1.29 is 9.90 Å². The number of nitrogens with one attached hydrogen (secondary N) is 1. The number of rotatable bonds is 5. The normalized spacial score (nSPS) is 20.6. The molecule has 1 aromatic heterocycles. The Labute approximate surface area is 179 Å². The molecule has 8 heteroatoms. The van der Waals surface area contributed by atoms with Crippen LogP contribution >= 0.6 is 23.4 Å². The molecule has 5 rings (SSSR count). The van der Waals surface area contributed by atoms with Crippen molar-refractivity contribution in [3.05, 3.63) is 40.5 Å². The maximum Gasteiger partial charge on any atom is 0.227 e. The molecule has 0 atom stereocenters. The van der Waals surface area contributed by atoms with Crippen molar-refractivity contribution in [2.75, 3.05) is 29.9 Å². The van der Waals surface area contributed by atoms with Gasteiger partial charge < -0.3 is 15.3 Å². The van der Waals surface area contributed by atoms with Crippen LogP contribution in [-0.4, -0.2) is 45.4 Å². The molecule has 29 heavy (non-hydrogen) atoms. The molecule has 1 aromatic carbocycles. The summed E-state index contributed by atoms with van der Waals surface area (Å²) < 4.78 is 0. The fourth-order valence-corrected chi connectivity index (χ4v) is 5.09. The molecule has 1 saturated heterocycles. The Morgan fingerprint density at radius 1 is 1.21 bits per heavy atom. The molecular weight excluding hydrogens is 408 g/mol. The van der Waals surface area contributed by atoms with Crippen molar-refractivity contribution in [2.45, 2.75) is 48.5 Å². The third-order valence-corrected chi connectivity index (χ3v) is 7.37. The number of carbonyl (C=O) groups is 1. The minimum atomic E-state index is -0.285. The second-order valence-corrected chi connectivity index (χ2v) is 9.68. The fourth-order valence-electron chi connectivity index (χ4n) is 4.10. The molecule has 2 fully saturated rings.